The highest BCUT2D eigenvalue weighted by molar-refractivity contribution is 5.91. The topological polar surface area (TPSA) is 59.6 Å². The van der Waals surface area contributed by atoms with Crippen LogP contribution in [0.15, 0.2) is 48.5 Å². The minimum atomic E-state index is -0.554. The summed E-state index contributed by atoms with van der Waals surface area (Å²) in [5, 5.41) is 5.23. The molecule has 3 rings (SSSR count). The first-order chi connectivity index (χ1) is 12.7. The van der Waals surface area contributed by atoms with Gasteiger partial charge in [0.05, 0.1) is 0 Å². The summed E-state index contributed by atoms with van der Waals surface area (Å²) in [7, 11) is 0. The normalized spacial score (nSPS) is 13.3. The first-order valence-corrected chi connectivity index (χ1v) is 8.86. The van der Waals surface area contributed by atoms with Gasteiger partial charge >= 0.3 is 6.03 Å². The molecule has 138 valence electrons. The van der Waals surface area contributed by atoms with E-state index in [0.29, 0.717) is 25.3 Å². The number of anilines is 1. The predicted octanol–water partition coefficient (Wildman–Crippen LogP) is 4.56. The Labute approximate surface area is 152 Å². The van der Waals surface area contributed by atoms with E-state index in [4.69, 9.17) is 9.47 Å². The Morgan fingerprint density at radius 3 is 2.69 bits per heavy atom. The summed E-state index contributed by atoms with van der Waals surface area (Å²) in [5.41, 5.74) is 0.0128. The Bertz CT molecular complexity index is 720. The van der Waals surface area contributed by atoms with Gasteiger partial charge in [-0.15, -0.1) is 0 Å². The average Bonchev–Trinajstić information content (AvgIpc) is 3.46. The van der Waals surface area contributed by atoms with E-state index in [0.717, 1.165) is 12.5 Å². The second kappa shape index (κ2) is 9.20. The van der Waals surface area contributed by atoms with E-state index in [1.54, 1.807) is 18.2 Å². The summed E-state index contributed by atoms with van der Waals surface area (Å²) < 4.78 is 25.3. The number of benzene rings is 2. The molecule has 2 N–H and O–H groups in total. The van der Waals surface area contributed by atoms with Gasteiger partial charge in [0.25, 0.3) is 0 Å². The van der Waals surface area contributed by atoms with Gasteiger partial charge in [0.15, 0.2) is 11.6 Å². The molecule has 1 aliphatic rings. The first-order valence-electron chi connectivity index (χ1n) is 8.86. The van der Waals surface area contributed by atoms with E-state index in [-0.39, 0.29) is 11.4 Å². The molecule has 0 unspecified atom stereocenters. The highest BCUT2D eigenvalue weighted by atomic mass is 19.1. The Hall–Kier alpha value is -2.60. The van der Waals surface area contributed by atoms with Gasteiger partial charge in [-0.05, 0) is 49.4 Å². The maximum Gasteiger partial charge on any atom is 0.319 e. The lowest BCUT2D eigenvalue weighted by Gasteiger charge is -2.13. The second-order valence-corrected chi connectivity index (χ2v) is 6.28. The van der Waals surface area contributed by atoms with Crippen molar-refractivity contribution < 1.29 is 18.7 Å². The van der Waals surface area contributed by atoms with Crippen LogP contribution >= 0.6 is 0 Å². The number of urea groups is 1. The Morgan fingerprint density at radius 2 is 1.92 bits per heavy atom. The molecule has 0 aliphatic heterocycles. The van der Waals surface area contributed by atoms with Crippen LogP contribution in [0.1, 0.15) is 19.3 Å². The van der Waals surface area contributed by atoms with Gasteiger partial charge in [-0.2, -0.15) is 0 Å². The zero-order valence-electron chi connectivity index (χ0n) is 14.5. The molecular weight excluding hydrogens is 335 g/mol. The van der Waals surface area contributed by atoms with E-state index in [1.165, 1.54) is 25.0 Å². The molecule has 0 atom stereocenters. The number of rotatable bonds is 9. The van der Waals surface area contributed by atoms with E-state index in [1.807, 2.05) is 18.2 Å². The molecule has 2 aromatic rings. The van der Waals surface area contributed by atoms with E-state index in [2.05, 4.69) is 10.6 Å². The number of carbonyl (C=O) groups excluding carboxylic acids is 1. The fourth-order valence-corrected chi connectivity index (χ4v) is 2.39. The molecule has 0 spiro atoms. The van der Waals surface area contributed by atoms with Crippen molar-refractivity contribution in [1.82, 2.24) is 5.32 Å². The van der Waals surface area contributed by atoms with Crippen LogP contribution in [0, 0.1) is 11.7 Å². The molecule has 5 nitrogen and oxygen atoms in total. The van der Waals surface area contributed by atoms with Crippen molar-refractivity contribution in [2.45, 2.75) is 19.3 Å². The summed E-state index contributed by atoms with van der Waals surface area (Å²) in [4.78, 5) is 12.0. The van der Waals surface area contributed by atoms with Crippen molar-refractivity contribution >= 4 is 11.7 Å². The van der Waals surface area contributed by atoms with Gasteiger partial charge in [-0.3, -0.25) is 0 Å². The highest BCUT2D eigenvalue weighted by Gasteiger charge is 2.20. The molecule has 0 aromatic heterocycles. The standard InChI is InChI=1S/C20H23FN2O3/c21-17-8-4-9-18(26-16-6-2-1-3-7-16)19(17)23-20(24)22-12-5-13-25-14-15-10-11-15/h1-4,6-9,15H,5,10-14H2,(H2,22,23,24). The molecular formula is C20H23FN2O3. The zero-order valence-corrected chi connectivity index (χ0v) is 14.5. The summed E-state index contributed by atoms with van der Waals surface area (Å²) in [5.74, 6) is 0.991. The first kappa shape index (κ1) is 18.2. The second-order valence-electron chi connectivity index (χ2n) is 6.28. The van der Waals surface area contributed by atoms with E-state index in [9.17, 15) is 9.18 Å². The number of nitrogens with one attached hydrogen (secondary N) is 2. The van der Waals surface area contributed by atoms with Crippen LogP contribution in [0.25, 0.3) is 0 Å². The maximum absolute atomic E-state index is 14.1. The fraction of sp³-hybridized carbons (Fsp3) is 0.350. The molecule has 2 aromatic carbocycles. The summed E-state index contributed by atoms with van der Waals surface area (Å²) >= 11 is 0. The predicted molar refractivity (Wildman–Crippen MR) is 98.1 cm³/mol. The number of halogens is 1. The molecule has 0 saturated heterocycles. The molecule has 0 bridgehead atoms. The van der Waals surface area contributed by atoms with Crippen LogP contribution in [-0.2, 0) is 4.74 Å². The third-order valence-corrected chi connectivity index (χ3v) is 3.99. The minimum absolute atomic E-state index is 0.0128. The lowest BCUT2D eigenvalue weighted by atomic mass is 10.2. The highest BCUT2D eigenvalue weighted by Crippen LogP contribution is 2.31. The molecule has 1 saturated carbocycles. The molecule has 2 amide bonds. The molecule has 0 heterocycles. The molecule has 26 heavy (non-hydrogen) atoms. The van der Waals surface area contributed by atoms with Gasteiger partial charge in [0, 0.05) is 19.8 Å². The van der Waals surface area contributed by atoms with Crippen molar-refractivity contribution in [2.75, 3.05) is 25.1 Å². The number of para-hydroxylation sites is 2. The van der Waals surface area contributed by atoms with Crippen LogP contribution in [0.3, 0.4) is 0 Å². The molecule has 1 aliphatic carbocycles. The van der Waals surface area contributed by atoms with Crippen LogP contribution < -0.4 is 15.4 Å². The lowest BCUT2D eigenvalue weighted by molar-refractivity contribution is 0.122. The number of hydrogen-bond acceptors (Lipinski definition) is 3. The van der Waals surface area contributed by atoms with Crippen molar-refractivity contribution in [2.24, 2.45) is 5.92 Å². The summed E-state index contributed by atoms with van der Waals surface area (Å²) in [6.45, 7) is 1.88. The molecule has 1 fully saturated rings. The number of hydrogen-bond donors (Lipinski definition) is 2. The SMILES string of the molecule is O=C(NCCCOCC1CC1)Nc1c(F)cccc1Oc1ccccc1. The van der Waals surface area contributed by atoms with Crippen molar-refractivity contribution in [1.29, 1.82) is 0 Å². The van der Waals surface area contributed by atoms with Gasteiger partial charge in [0.1, 0.15) is 11.4 Å². The zero-order chi connectivity index (χ0) is 18.2. The number of carbonyl (C=O) groups is 1. The summed E-state index contributed by atoms with van der Waals surface area (Å²) in [6, 6.07) is 13.0. The Morgan fingerprint density at radius 1 is 1.12 bits per heavy atom. The average molecular weight is 358 g/mol. The quantitative estimate of drug-likeness (QED) is 0.646. The molecule has 6 heteroatoms. The third kappa shape index (κ3) is 5.74. The van der Waals surface area contributed by atoms with Crippen molar-refractivity contribution in [3.63, 3.8) is 0 Å². The van der Waals surface area contributed by atoms with E-state index >= 15 is 0 Å². The van der Waals surface area contributed by atoms with Crippen LogP contribution in [0.5, 0.6) is 11.5 Å². The van der Waals surface area contributed by atoms with Gasteiger partial charge in [-0.25, -0.2) is 9.18 Å². The van der Waals surface area contributed by atoms with Gasteiger partial charge in [0.2, 0.25) is 0 Å². The molecule has 0 radical (unpaired) electrons. The minimum Gasteiger partial charge on any atom is -0.455 e. The number of amides is 2. The fourth-order valence-electron chi connectivity index (χ4n) is 2.39. The van der Waals surface area contributed by atoms with Crippen molar-refractivity contribution in [3.05, 3.63) is 54.3 Å². The smallest absolute Gasteiger partial charge is 0.319 e. The van der Waals surface area contributed by atoms with E-state index < -0.39 is 11.8 Å². The monoisotopic (exact) mass is 358 g/mol. The van der Waals surface area contributed by atoms with Gasteiger partial charge in [-0.1, -0.05) is 24.3 Å². The van der Waals surface area contributed by atoms with Crippen LogP contribution in [-0.4, -0.2) is 25.8 Å². The Kier molecular flexibility index (Phi) is 6.44. The summed E-state index contributed by atoms with van der Waals surface area (Å²) in [6.07, 6.45) is 3.23. The van der Waals surface area contributed by atoms with Crippen LogP contribution in [0.2, 0.25) is 0 Å². The van der Waals surface area contributed by atoms with Crippen LogP contribution in [0.4, 0.5) is 14.9 Å². The number of ether oxygens (including phenoxy) is 2. The van der Waals surface area contributed by atoms with Gasteiger partial charge < -0.3 is 20.1 Å². The third-order valence-electron chi connectivity index (χ3n) is 3.99. The Balaban J connectivity index is 1.48. The van der Waals surface area contributed by atoms with Crippen molar-refractivity contribution in [3.8, 4) is 11.5 Å². The largest absolute Gasteiger partial charge is 0.455 e. The maximum atomic E-state index is 14.1. The lowest BCUT2D eigenvalue weighted by Crippen LogP contribution is -2.30.